The fourth-order valence-corrected chi connectivity index (χ4v) is 2.66. The van der Waals surface area contributed by atoms with Gasteiger partial charge in [0.1, 0.15) is 11.5 Å². The Hall–Kier alpha value is -3.01. The Labute approximate surface area is 154 Å². The van der Waals surface area contributed by atoms with E-state index in [1.165, 1.54) is 6.08 Å². The molecule has 2 N–H and O–H groups in total. The molecule has 0 aliphatic heterocycles. The highest BCUT2D eigenvalue weighted by molar-refractivity contribution is 6.07. The average Bonchev–Trinajstić information content (AvgIpc) is 2.65. The van der Waals surface area contributed by atoms with Gasteiger partial charge >= 0.3 is 0 Å². The summed E-state index contributed by atoms with van der Waals surface area (Å²) in [7, 11) is 3.20. The van der Waals surface area contributed by atoms with Gasteiger partial charge in [-0.3, -0.25) is 4.79 Å². The van der Waals surface area contributed by atoms with Crippen LogP contribution in [0.2, 0.25) is 0 Å². The number of nitrogen functional groups attached to an aromatic ring is 1. The van der Waals surface area contributed by atoms with Crippen LogP contribution < -0.4 is 15.2 Å². The molecule has 136 valence electrons. The van der Waals surface area contributed by atoms with Crippen LogP contribution in [0.25, 0.3) is 6.08 Å². The summed E-state index contributed by atoms with van der Waals surface area (Å²) in [4.78, 5) is 12.4. The van der Waals surface area contributed by atoms with Crippen LogP contribution in [0.4, 0.5) is 5.69 Å². The monoisotopic (exact) mass is 351 g/mol. The van der Waals surface area contributed by atoms with Gasteiger partial charge < -0.3 is 15.2 Å². The SMILES string of the molecule is C=CC(C)(C)c1ccc(OC)c(C=CC(=O)c2ccc(N)cc2)c1OC. The number of anilines is 1. The molecule has 4 heteroatoms. The van der Waals surface area contributed by atoms with E-state index in [1.807, 2.05) is 18.2 Å². The van der Waals surface area contributed by atoms with Gasteiger partial charge in [-0.1, -0.05) is 26.0 Å². The summed E-state index contributed by atoms with van der Waals surface area (Å²) in [5, 5.41) is 0. The van der Waals surface area contributed by atoms with Crippen LogP contribution in [0, 0.1) is 0 Å². The van der Waals surface area contributed by atoms with Crippen LogP contribution >= 0.6 is 0 Å². The predicted molar refractivity (Wildman–Crippen MR) is 107 cm³/mol. The van der Waals surface area contributed by atoms with Gasteiger partial charge in [0.15, 0.2) is 5.78 Å². The highest BCUT2D eigenvalue weighted by Crippen LogP contribution is 2.40. The maximum Gasteiger partial charge on any atom is 0.185 e. The molecule has 2 rings (SSSR count). The van der Waals surface area contributed by atoms with Gasteiger partial charge in [0.25, 0.3) is 0 Å². The van der Waals surface area contributed by atoms with Crippen LogP contribution in [0.5, 0.6) is 11.5 Å². The lowest BCUT2D eigenvalue weighted by Gasteiger charge is -2.25. The van der Waals surface area contributed by atoms with Crippen LogP contribution in [-0.2, 0) is 5.41 Å². The van der Waals surface area contributed by atoms with Crippen molar-refractivity contribution in [2.24, 2.45) is 0 Å². The van der Waals surface area contributed by atoms with Gasteiger partial charge in [0.05, 0.1) is 19.8 Å². The molecule has 2 aromatic carbocycles. The molecule has 0 heterocycles. The van der Waals surface area contributed by atoms with E-state index in [0.29, 0.717) is 28.3 Å². The summed E-state index contributed by atoms with van der Waals surface area (Å²) < 4.78 is 11.1. The van der Waals surface area contributed by atoms with Gasteiger partial charge in [0.2, 0.25) is 0 Å². The molecule has 4 nitrogen and oxygen atoms in total. The van der Waals surface area contributed by atoms with Crippen LogP contribution in [0.3, 0.4) is 0 Å². The Kier molecular flexibility index (Phi) is 5.88. The highest BCUT2D eigenvalue weighted by atomic mass is 16.5. The zero-order valence-electron chi connectivity index (χ0n) is 15.7. The number of ketones is 1. The number of allylic oxidation sites excluding steroid dienone is 2. The largest absolute Gasteiger partial charge is 0.496 e. The predicted octanol–water partition coefficient (Wildman–Crippen LogP) is 4.65. The third kappa shape index (κ3) is 3.97. The minimum absolute atomic E-state index is 0.123. The Morgan fingerprint density at radius 3 is 2.27 bits per heavy atom. The molecule has 0 amide bonds. The highest BCUT2D eigenvalue weighted by Gasteiger charge is 2.24. The number of rotatable bonds is 7. The van der Waals surface area contributed by atoms with E-state index in [4.69, 9.17) is 15.2 Å². The first-order valence-corrected chi connectivity index (χ1v) is 8.31. The van der Waals surface area contributed by atoms with Crippen molar-refractivity contribution in [2.45, 2.75) is 19.3 Å². The second kappa shape index (κ2) is 7.91. The molecule has 0 aromatic heterocycles. The Bertz CT molecular complexity index is 833. The maximum atomic E-state index is 12.4. The molecule has 0 fully saturated rings. The first-order chi connectivity index (χ1) is 12.3. The third-order valence-electron chi connectivity index (χ3n) is 4.38. The molecular formula is C22H25NO3. The smallest absolute Gasteiger partial charge is 0.185 e. The molecule has 0 bridgehead atoms. The molecular weight excluding hydrogens is 326 g/mol. The summed E-state index contributed by atoms with van der Waals surface area (Å²) in [6.45, 7) is 8.01. The van der Waals surface area contributed by atoms with Crippen molar-refractivity contribution >= 4 is 17.5 Å². The van der Waals surface area contributed by atoms with E-state index in [2.05, 4.69) is 20.4 Å². The summed E-state index contributed by atoms with van der Waals surface area (Å²) in [6, 6.07) is 10.6. The van der Waals surface area contributed by atoms with Crippen molar-refractivity contribution in [1.29, 1.82) is 0 Å². The number of methoxy groups -OCH3 is 2. The normalized spacial score (nSPS) is 11.4. The van der Waals surface area contributed by atoms with E-state index in [9.17, 15) is 4.79 Å². The summed E-state index contributed by atoms with van der Waals surface area (Å²) >= 11 is 0. The zero-order chi connectivity index (χ0) is 19.3. The van der Waals surface area contributed by atoms with Crippen molar-refractivity contribution < 1.29 is 14.3 Å². The first kappa shape index (κ1) is 19.3. The van der Waals surface area contributed by atoms with Crippen molar-refractivity contribution in [3.63, 3.8) is 0 Å². The van der Waals surface area contributed by atoms with Crippen molar-refractivity contribution in [3.05, 3.63) is 71.8 Å². The summed E-state index contributed by atoms with van der Waals surface area (Å²) in [5.74, 6) is 1.17. The fourth-order valence-electron chi connectivity index (χ4n) is 2.66. The Balaban J connectivity index is 2.49. The molecule has 2 aromatic rings. The van der Waals surface area contributed by atoms with Gasteiger partial charge in [0, 0.05) is 22.2 Å². The molecule has 0 spiro atoms. The molecule has 0 radical (unpaired) electrons. The number of nitrogens with two attached hydrogens (primary N) is 1. The van der Waals surface area contributed by atoms with Crippen molar-refractivity contribution in [2.75, 3.05) is 20.0 Å². The molecule has 26 heavy (non-hydrogen) atoms. The topological polar surface area (TPSA) is 61.5 Å². The summed E-state index contributed by atoms with van der Waals surface area (Å²) in [5.41, 5.74) is 8.24. The van der Waals surface area contributed by atoms with Crippen molar-refractivity contribution in [1.82, 2.24) is 0 Å². The number of ether oxygens (including phenoxy) is 2. The average molecular weight is 351 g/mol. The molecule has 0 saturated carbocycles. The van der Waals surface area contributed by atoms with Crippen LogP contribution in [-0.4, -0.2) is 20.0 Å². The quantitative estimate of drug-likeness (QED) is 0.341. The van der Waals surface area contributed by atoms with Crippen molar-refractivity contribution in [3.8, 4) is 11.5 Å². The third-order valence-corrected chi connectivity index (χ3v) is 4.38. The summed E-state index contributed by atoms with van der Waals surface area (Å²) in [6.07, 6.45) is 5.10. The molecule has 0 atom stereocenters. The molecule has 0 aliphatic rings. The van der Waals surface area contributed by atoms with Crippen LogP contribution in [0.1, 0.15) is 35.3 Å². The lowest BCUT2D eigenvalue weighted by Crippen LogP contribution is -2.15. The number of hydrogen-bond acceptors (Lipinski definition) is 4. The molecule has 0 unspecified atom stereocenters. The second-order valence-corrected chi connectivity index (χ2v) is 6.51. The maximum absolute atomic E-state index is 12.4. The van der Waals surface area contributed by atoms with E-state index in [1.54, 1.807) is 44.6 Å². The lowest BCUT2D eigenvalue weighted by atomic mass is 9.83. The van der Waals surface area contributed by atoms with E-state index >= 15 is 0 Å². The van der Waals surface area contributed by atoms with Gasteiger partial charge in [-0.25, -0.2) is 0 Å². The van der Waals surface area contributed by atoms with E-state index < -0.39 is 0 Å². The van der Waals surface area contributed by atoms with Gasteiger partial charge in [-0.15, -0.1) is 6.58 Å². The number of hydrogen-bond donors (Lipinski definition) is 1. The van der Waals surface area contributed by atoms with Gasteiger partial charge in [-0.05, 0) is 42.5 Å². The first-order valence-electron chi connectivity index (χ1n) is 8.31. The number of carbonyl (C=O) groups excluding carboxylic acids is 1. The Morgan fingerprint density at radius 1 is 1.08 bits per heavy atom. The number of benzene rings is 2. The zero-order valence-corrected chi connectivity index (χ0v) is 15.7. The Morgan fingerprint density at radius 2 is 1.73 bits per heavy atom. The molecule has 0 saturated heterocycles. The van der Waals surface area contributed by atoms with Crippen LogP contribution in [0.15, 0.2) is 55.1 Å². The lowest BCUT2D eigenvalue weighted by molar-refractivity contribution is 0.104. The fraction of sp³-hybridized carbons (Fsp3) is 0.227. The standard InChI is InChI=1S/C22H25NO3/c1-6-22(2,3)18-12-14-20(25-4)17(21(18)26-5)11-13-19(24)15-7-9-16(23)10-8-15/h6-14H,1,23H2,2-5H3. The second-order valence-electron chi connectivity index (χ2n) is 6.51. The minimum atomic E-state index is -0.291. The van der Waals surface area contributed by atoms with E-state index in [0.717, 1.165) is 5.56 Å². The van der Waals surface area contributed by atoms with Gasteiger partial charge in [-0.2, -0.15) is 0 Å². The molecule has 0 aliphatic carbocycles. The number of carbonyl (C=O) groups is 1. The van der Waals surface area contributed by atoms with E-state index in [-0.39, 0.29) is 11.2 Å². The minimum Gasteiger partial charge on any atom is -0.496 e.